The van der Waals surface area contributed by atoms with Gasteiger partial charge in [0, 0.05) is 14.1 Å². The van der Waals surface area contributed by atoms with Crippen LogP contribution in [0, 0.1) is 0 Å². The average molecular weight is 352 g/mol. The number of hydrogen-bond donors (Lipinski definition) is 2. The molecule has 2 aliphatic rings. The summed E-state index contributed by atoms with van der Waals surface area (Å²) in [5.41, 5.74) is 1.11. The van der Waals surface area contributed by atoms with Gasteiger partial charge < -0.3 is 14.7 Å². The van der Waals surface area contributed by atoms with E-state index in [1.165, 1.54) is 12.7 Å². The van der Waals surface area contributed by atoms with Gasteiger partial charge in [-0.3, -0.25) is 4.57 Å². The van der Waals surface area contributed by atoms with Crippen LogP contribution in [-0.4, -0.2) is 76.1 Å². The van der Waals surface area contributed by atoms with E-state index >= 15 is 0 Å². The molecule has 2 N–H and O–H groups in total. The summed E-state index contributed by atoms with van der Waals surface area (Å²) in [7, 11) is 5.81. The maximum atomic E-state index is 10.6. The molecule has 0 saturated carbocycles. The van der Waals surface area contributed by atoms with Crippen LogP contribution in [0.4, 0.5) is 5.82 Å². The number of nitrogens with zero attached hydrogens (tertiary/aromatic N) is 5. The molecule has 0 bridgehead atoms. The Morgan fingerprint density at radius 2 is 2.17 bits per heavy atom. The third kappa shape index (κ3) is 2.48. The molecule has 0 aromatic carbocycles. The summed E-state index contributed by atoms with van der Waals surface area (Å²) in [5.74, 6) is 0.658. The minimum atomic E-state index is -3.41. The highest BCUT2D eigenvalue weighted by molar-refractivity contribution is 7.85. The lowest BCUT2D eigenvalue weighted by Gasteiger charge is -2.27. The largest absolute Gasteiger partial charge is 0.488 e. The van der Waals surface area contributed by atoms with Crippen LogP contribution < -0.4 is 4.90 Å². The van der Waals surface area contributed by atoms with E-state index in [0.717, 1.165) is 0 Å². The number of ether oxygens (including phenoxy) is 1. The number of hydrogen-bond acceptors (Lipinski definition) is 9. The Bertz CT molecular complexity index is 773. The maximum Gasteiger partial charge on any atom is 0.488 e. The fraction of sp³-hybridized carbons (Fsp3) is 0.583. The first-order valence-corrected chi connectivity index (χ1v) is 8.94. The van der Waals surface area contributed by atoms with Crippen molar-refractivity contribution in [2.24, 2.45) is 0 Å². The molecular weight excluding hydrogens is 336 g/mol. The SMILES string of the molecule is [B][P+]1(O)OC[C@H]2O[C@@H](n3cnc4c(N(C)C)ncnc43)C(O)[C@H]2O1. The van der Waals surface area contributed by atoms with E-state index in [4.69, 9.17) is 21.4 Å². The van der Waals surface area contributed by atoms with E-state index in [1.807, 2.05) is 19.0 Å². The van der Waals surface area contributed by atoms with Gasteiger partial charge in [-0.25, -0.2) is 19.8 Å². The van der Waals surface area contributed by atoms with Crippen LogP contribution in [0.1, 0.15) is 6.23 Å². The van der Waals surface area contributed by atoms with Gasteiger partial charge >= 0.3 is 15.4 Å². The van der Waals surface area contributed by atoms with Gasteiger partial charge in [0.25, 0.3) is 0 Å². The second kappa shape index (κ2) is 5.58. The molecule has 2 saturated heterocycles. The lowest BCUT2D eigenvalue weighted by molar-refractivity contribution is -0.0603. The zero-order chi connectivity index (χ0) is 17.1. The van der Waals surface area contributed by atoms with Crippen molar-refractivity contribution in [2.45, 2.75) is 24.5 Å². The third-order valence-electron chi connectivity index (χ3n) is 4.04. The molecule has 2 unspecified atom stereocenters. The Balaban J connectivity index is 1.70. The normalized spacial score (nSPS) is 36.0. The van der Waals surface area contributed by atoms with E-state index < -0.39 is 32.4 Å². The molecule has 5 atom stereocenters. The highest BCUT2D eigenvalue weighted by Crippen LogP contribution is 2.58. The van der Waals surface area contributed by atoms with E-state index in [2.05, 4.69) is 15.0 Å². The first kappa shape index (κ1) is 16.1. The molecule has 4 rings (SSSR count). The molecule has 4 heterocycles. The molecule has 2 fully saturated rings. The van der Waals surface area contributed by atoms with Gasteiger partial charge in [-0.2, -0.15) is 9.05 Å². The van der Waals surface area contributed by atoms with E-state index in [-0.39, 0.29) is 6.61 Å². The van der Waals surface area contributed by atoms with Crippen LogP contribution in [0.15, 0.2) is 12.7 Å². The van der Waals surface area contributed by atoms with Crippen LogP contribution in [0.5, 0.6) is 0 Å². The molecule has 24 heavy (non-hydrogen) atoms. The van der Waals surface area contributed by atoms with Crippen molar-refractivity contribution >= 4 is 32.4 Å². The monoisotopic (exact) mass is 352 g/mol. The maximum absolute atomic E-state index is 10.6. The molecule has 0 amide bonds. The predicted molar refractivity (Wildman–Crippen MR) is 85.3 cm³/mol. The molecule has 2 aromatic rings. The minimum Gasteiger partial charge on any atom is -0.385 e. The van der Waals surface area contributed by atoms with Gasteiger partial charge in [0.1, 0.15) is 25.1 Å². The number of imidazole rings is 1. The number of rotatable bonds is 2. The topological polar surface area (TPSA) is 115 Å². The van der Waals surface area contributed by atoms with Crippen LogP contribution >= 0.6 is 7.82 Å². The first-order chi connectivity index (χ1) is 11.4. The van der Waals surface area contributed by atoms with E-state index in [0.29, 0.717) is 17.0 Å². The van der Waals surface area contributed by atoms with Crippen LogP contribution in [0.25, 0.3) is 11.2 Å². The van der Waals surface area contributed by atoms with Crippen LogP contribution in [-0.2, 0) is 13.8 Å². The number of aromatic nitrogens is 4. The quantitative estimate of drug-likeness (QED) is 0.540. The Labute approximate surface area is 139 Å². The third-order valence-corrected chi connectivity index (χ3v) is 5.11. The summed E-state index contributed by atoms with van der Waals surface area (Å²) < 4.78 is 17.8. The molecule has 2 radical (unpaired) electrons. The van der Waals surface area contributed by atoms with Crippen molar-refractivity contribution < 1.29 is 23.8 Å². The highest BCUT2D eigenvalue weighted by Gasteiger charge is 2.56. The summed E-state index contributed by atoms with van der Waals surface area (Å²) in [6, 6.07) is 0. The standard InChI is InChI=1S/C12H16BN5O5P/c1-17(2)10-7-11(15-4-14-10)18(5-16-7)12-8(19)9-6(22-12)3-21-24(13,20)23-9/h4-6,8-9,12,19-20H,3H2,1-2H3/q+1/t6-,8?,9+,12-,24?/m1/s1. The second-order valence-corrected chi connectivity index (χ2v) is 7.50. The van der Waals surface area contributed by atoms with Crippen molar-refractivity contribution in [3.63, 3.8) is 0 Å². The summed E-state index contributed by atoms with van der Waals surface area (Å²) >= 11 is 0. The summed E-state index contributed by atoms with van der Waals surface area (Å²) in [6.07, 6.45) is -0.196. The molecule has 126 valence electrons. The summed E-state index contributed by atoms with van der Waals surface area (Å²) in [6.45, 7) is 0.0452. The number of fused-ring (bicyclic) bond motifs is 2. The van der Waals surface area contributed by atoms with Gasteiger partial charge in [0.15, 0.2) is 29.3 Å². The fourth-order valence-corrected chi connectivity index (χ4v) is 3.98. The van der Waals surface area contributed by atoms with Gasteiger partial charge in [-0.15, -0.1) is 0 Å². The van der Waals surface area contributed by atoms with Gasteiger partial charge in [-0.1, -0.05) is 0 Å². The lowest BCUT2D eigenvalue weighted by atomic mass is 10.1. The molecule has 0 spiro atoms. The predicted octanol–water partition coefficient (Wildman–Crippen LogP) is -0.596. The number of anilines is 1. The van der Waals surface area contributed by atoms with Crippen LogP contribution in [0.3, 0.4) is 0 Å². The van der Waals surface area contributed by atoms with Crippen molar-refractivity contribution in [3.05, 3.63) is 12.7 Å². The van der Waals surface area contributed by atoms with Gasteiger partial charge in [-0.05, 0) is 0 Å². The van der Waals surface area contributed by atoms with Crippen molar-refractivity contribution in [1.82, 2.24) is 19.5 Å². The zero-order valence-electron chi connectivity index (χ0n) is 13.1. The number of aliphatic hydroxyl groups excluding tert-OH is 1. The summed E-state index contributed by atoms with van der Waals surface area (Å²) in [4.78, 5) is 24.4. The van der Waals surface area contributed by atoms with Crippen LogP contribution in [0.2, 0.25) is 0 Å². The Hall–Kier alpha value is -1.36. The van der Waals surface area contributed by atoms with E-state index in [1.54, 1.807) is 4.57 Å². The average Bonchev–Trinajstić information content (AvgIpc) is 3.08. The Kier molecular flexibility index (Phi) is 3.75. The number of aliphatic hydroxyl groups is 1. The zero-order valence-corrected chi connectivity index (χ0v) is 13.9. The van der Waals surface area contributed by atoms with Crippen molar-refractivity contribution in [1.29, 1.82) is 0 Å². The Morgan fingerprint density at radius 3 is 2.92 bits per heavy atom. The first-order valence-electron chi connectivity index (χ1n) is 7.29. The summed E-state index contributed by atoms with van der Waals surface area (Å²) in [5, 5.41) is 10.6. The molecule has 2 aromatic heterocycles. The highest BCUT2D eigenvalue weighted by atomic mass is 31.2. The lowest BCUT2D eigenvalue weighted by Crippen LogP contribution is -2.40. The second-order valence-electron chi connectivity index (χ2n) is 5.90. The smallest absolute Gasteiger partial charge is 0.385 e. The Morgan fingerprint density at radius 1 is 1.38 bits per heavy atom. The molecular formula is C12H16BN5O5P+. The molecule has 0 aliphatic carbocycles. The fourth-order valence-electron chi connectivity index (χ4n) is 2.95. The van der Waals surface area contributed by atoms with E-state index in [9.17, 15) is 10.00 Å². The van der Waals surface area contributed by atoms with Crippen molar-refractivity contribution in [3.8, 4) is 0 Å². The minimum absolute atomic E-state index is 0.0452. The van der Waals surface area contributed by atoms with Gasteiger partial charge in [0.2, 0.25) is 0 Å². The molecule has 10 nitrogen and oxygen atoms in total. The van der Waals surface area contributed by atoms with Gasteiger partial charge in [0.05, 0.1) is 6.33 Å². The van der Waals surface area contributed by atoms with Crippen molar-refractivity contribution in [2.75, 3.05) is 25.6 Å². The molecule has 2 aliphatic heterocycles. The molecule has 12 heteroatoms.